The van der Waals surface area contributed by atoms with Crippen LogP contribution >= 0.6 is 0 Å². The average Bonchev–Trinajstić information content (AvgIpc) is 3.10. The first-order valence-electron chi connectivity index (χ1n) is 7.76. The number of phenolic OH excluding ortho intramolecular Hbond substituents is 1. The highest BCUT2D eigenvalue weighted by molar-refractivity contribution is 5.83. The van der Waals surface area contributed by atoms with Gasteiger partial charge in [0.15, 0.2) is 11.5 Å². The minimum atomic E-state index is 0.236. The molecule has 2 aromatic carbocycles. The standard InChI is InChI=1S/C19H20N2O3/c1-4-12-5-7-14(16(22)9-12)19-15(11-20-21-19)13-6-8-17(23-2)18(10-13)24-3/h5-11,22H,4H2,1-3H3,(H,20,21). The van der Waals surface area contributed by atoms with Crippen molar-refractivity contribution in [3.63, 3.8) is 0 Å². The lowest BCUT2D eigenvalue weighted by molar-refractivity contribution is 0.355. The molecule has 0 aliphatic rings. The van der Waals surface area contributed by atoms with Crippen LogP contribution < -0.4 is 9.47 Å². The monoisotopic (exact) mass is 324 g/mol. The van der Waals surface area contributed by atoms with E-state index in [-0.39, 0.29) is 5.75 Å². The van der Waals surface area contributed by atoms with Gasteiger partial charge in [0.2, 0.25) is 0 Å². The van der Waals surface area contributed by atoms with E-state index >= 15 is 0 Å². The van der Waals surface area contributed by atoms with Crippen molar-refractivity contribution in [2.75, 3.05) is 14.2 Å². The predicted octanol–water partition coefficient (Wildman–Crippen LogP) is 4.03. The molecule has 0 atom stereocenters. The Morgan fingerprint density at radius 3 is 2.46 bits per heavy atom. The van der Waals surface area contributed by atoms with E-state index in [1.165, 1.54) is 0 Å². The first kappa shape index (κ1) is 15.9. The molecule has 0 radical (unpaired) electrons. The number of hydrogen-bond acceptors (Lipinski definition) is 4. The largest absolute Gasteiger partial charge is 0.507 e. The molecule has 2 N–H and O–H groups in total. The Labute approximate surface area is 140 Å². The number of aromatic hydroxyl groups is 1. The van der Waals surface area contributed by atoms with Crippen LogP contribution in [0.2, 0.25) is 0 Å². The SMILES string of the molecule is CCc1ccc(-c2[nH]ncc2-c2ccc(OC)c(OC)c2)c(O)c1. The second-order valence-electron chi connectivity index (χ2n) is 5.43. The molecule has 124 valence electrons. The summed E-state index contributed by atoms with van der Waals surface area (Å²) in [5.74, 6) is 1.55. The third-order valence-corrected chi connectivity index (χ3v) is 4.07. The van der Waals surface area contributed by atoms with Gasteiger partial charge in [-0.1, -0.05) is 19.1 Å². The number of ether oxygens (including phenoxy) is 2. The fourth-order valence-electron chi connectivity index (χ4n) is 2.72. The Morgan fingerprint density at radius 1 is 1.00 bits per heavy atom. The molecule has 0 amide bonds. The molecule has 1 heterocycles. The van der Waals surface area contributed by atoms with E-state index in [0.29, 0.717) is 11.5 Å². The lowest BCUT2D eigenvalue weighted by Gasteiger charge is -2.11. The molecule has 0 fully saturated rings. The van der Waals surface area contributed by atoms with Crippen LogP contribution in [0.5, 0.6) is 17.2 Å². The molecule has 5 heteroatoms. The van der Waals surface area contributed by atoms with E-state index in [4.69, 9.17) is 9.47 Å². The molecule has 0 aliphatic carbocycles. The second-order valence-corrected chi connectivity index (χ2v) is 5.43. The second kappa shape index (κ2) is 6.66. The molecule has 5 nitrogen and oxygen atoms in total. The van der Waals surface area contributed by atoms with Crippen LogP contribution in [-0.2, 0) is 6.42 Å². The van der Waals surface area contributed by atoms with Crippen LogP contribution in [0.3, 0.4) is 0 Å². The molecule has 0 spiro atoms. The number of rotatable bonds is 5. The number of aryl methyl sites for hydroxylation is 1. The summed E-state index contributed by atoms with van der Waals surface area (Å²) in [7, 11) is 3.21. The van der Waals surface area contributed by atoms with Crippen molar-refractivity contribution >= 4 is 0 Å². The Hall–Kier alpha value is -2.95. The van der Waals surface area contributed by atoms with Crippen molar-refractivity contribution in [3.8, 4) is 39.6 Å². The number of methoxy groups -OCH3 is 2. The van der Waals surface area contributed by atoms with Crippen molar-refractivity contribution in [2.45, 2.75) is 13.3 Å². The highest BCUT2D eigenvalue weighted by Crippen LogP contribution is 2.38. The van der Waals surface area contributed by atoms with E-state index in [0.717, 1.165) is 34.4 Å². The normalized spacial score (nSPS) is 10.6. The number of nitrogens with one attached hydrogen (secondary N) is 1. The summed E-state index contributed by atoms with van der Waals surface area (Å²) in [5, 5.41) is 17.5. The van der Waals surface area contributed by atoms with E-state index in [2.05, 4.69) is 17.1 Å². The van der Waals surface area contributed by atoms with Crippen LogP contribution in [0.25, 0.3) is 22.4 Å². The predicted molar refractivity (Wildman–Crippen MR) is 93.6 cm³/mol. The van der Waals surface area contributed by atoms with Crippen LogP contribution in [-0.4, -0.2) is 29.5 Å². The first-order valence-corrected chi connectivity index (χ1v) is 7.76. The van der Waals surface area contributed by atoms with Gasteiger partial charge in [0.1, 0.15) is 5.75 Å². The molecule has 0 bridgehead atoms. The molecule has 0 unspecified atom stereocenters. The number of nitrogens with zero attached hydrogens (tertiary/aromatic N) is 1. The number of hydrogen-bond donors (Lipinski definition) is 2. The Balaban J connectivity index is 2.08. The highest BCUT2D eigenvalue weighted by atomic mass is 16.5. The zero-order valence-corrected chi connectivity index (χ0v) is 14.0. The Bertz CT molecular complexity index is 856. The zero-order valence-electron chi connectivity index (χ0n) is 14.0. The van der Waals surface area contributed by atoms with Crippen molar-refractivity contribution < 1.29 is 14.6 Å². The summed E-state index contributed by atoms with van der Waals surface area (Å²) >= 11 is 0. The van der Waals surface area contributed by atoms with Gasteiger partial charge in [-0.05, 0) is 41.8 Å². The smallest absolute Gasteiger partial charge is 0.161 e. The third kappa shape index (κ3) is 2.80. The van der Waals surface area contributed by atoms with Crippen molar-refractivity contribution in [1.82, 2.24) is 10.2 Å². The van der Waals surface area contributed by atoms with E-state index in [1.54, 1.807) is 26.5 Å². The van der Waals surface area contributed by atoms with Crippen molar-refractivity contribution in [1.29, 1.82) is 0 Å². The summed E-state index contributed by atoms with van der Waals surface area (Å²) < 4.78 is 10.6. The molecule has 0 aliphatic heterocycles. The number of aromatic nitrogens is 2. The van der Waals surface area contributed by atoms with Gasteiger partial charge in [0, 0.05) is 11.1 Å². The maximum atomic E-state index is 10.4. The van der Waals surface area contributed by atoms with Crippen LogP contribution in [0, 0.1) is 0 Å². The quantitative estimate of drug-likeness (QED) is 0.743. The van der Waals surface area contributed by atoms with Crippen LogP contribution in [0.15, 0.2) is 42.6 Å². The lowest BCUT2D eigenvalue weighted by Crippen LogP contribution is -1.91. The van der Waals surface area contributed by atoms with Gasteiger partial charge < -0.3 is 14.6 Å². The third-order valence-electron chi connectivity index (χ3n) is 4.07. The Kier molecular flexibility index (Phi) is 4.42. The average molecular weight is 324 g/mol. The maximum Gasteiger partial charge on any atom is 0.161 e. The van der Waals surface area contributed by atoms with E-state index in [9.17, 15) is 5.11 Å². The molecule has 3 rings (SSSR count). The minimum Gasteiger partial charge on any atom is -0.507 e. The topological polar surface area (TPSA) is 67.4 Å². The summed E-state index contributed by atoms with van der Waals surface area (Å²) in [6.07, 6.45) is 2.61. The summed E-state index contributed by atoms with van der Waals surface area (Å²) in [4.78, 5) is 0. The van der Waals surface area contributed by atoms with Crippen LogP contribution in [0.4, 0.5) is 0 Å². The molecule has 24 heavy (non-hydrogen) atoms. The van der Waals surface area contributed by atoms with Gasteiger partial charge in [0.25, 0.3) is 0 Å². The summed E-state index contributed by atoms with van der Waals surface area (Å²) in [5.41, 5.74) is 4.38. The van der Waals surface area contributed by atoms with Crippen molar-refractivity contribution in [3.05, 3.63) is 48.2 Å². The van der Waals surface area contributed by atoms with Gasteiger partial charge in [-0.3, -0.25) is 5.10 Å². The first-order chi connectivity index (χ1) is 11.7. The van der Waals surface area contributed by atoms with Crippen LogP contribution in [0.1, 0.15) is 12.5 Å². The van der Waals surface area contributed by atoms with Gasteiger partial charge in [-0.2, -0.15) is 5.10 Å². The molecule has 1 aromatic heterocycles. The molecular weight excluding hydrogens is 304 g/mol. The number of aromatic amines is 1. The fourth-order valence-corrected chi connectivity index (χ4v) is 2.72. The molecule has 0 saturated carbocycles. The number of H-pyrrole nitrogens is 1. The van der Waals surface area contributed by atoms with Gasteiger partial charge in [0.05, 0.1) is 26.1 Å². The number of phenols is 1. The zero-order chi connectivity index (χ0) is 17.1. The summed E-state index contributed by atoms with van der Waals surface area (Å²) in [6.45, 7) is 2.06. The van der Waals surface area contributed by atoms with E-state index < -0.39 is 0 Å². The number of benzene rings is 2. The lowest BCUT2D eigenvalue weighted by atomic mass is 9.99. The molecule has 0 saturated heterocycles. The highest BCUT2D eigenvalue weighted by Gasteiger charge is 2.15. The van der Waals surface area contributed by atoms with E-state index in [1.807, 2.05) is 30.3 Å². The van der Waals surface area contributed by atoms with Gasteiger partial charge in [-0.25, -0.2) is 0 Å². The van der Waals surface area contributed by atoms with Crippen molar-refractivity contribution in [2.24, 2.45) is 0 Å². The fraction of sp³-hybridized carbons (Fsp3) is 0.211. The maximum absolute atomic E-state index is 10.4. The minimum absolute atomic E-state index is 0.236. The molecular formula is C19H20N2O3. The van der Waals surface area contributed by atoms with Gasteiger partial charge in [-0.15, -0.1) is 0 Å². The van der Waals surface area contributed by atoms with Gasteiger partial charge >= 0.3 is 0 Å². The summed E-state index contributed by atoms with van der Waals surface area (Å²) in [6, 6.07) is 11.4. The Morgan fingerprint density at radius 2 is 1.79 bits per heavy atom. The molecule has 3 aromatic rings.